The van der Waals surface area contributed by atoms with Crippen LogP contribution in [0.15, 0.2) is 52.2 Å². The molecule has 3 N–H and O–H groups in total. The van der Waals surface area contributed by atoms with Gasteiger partial charge in [0.05, 0.1) is 15.9 Å². The van der Waals surface area contributed by atoms with Crippen molar-refractivity contribution in [2.45, 2.75) is 23.3 Å². The first-order chi connectivity index (χ1) is 11.4. The number of rotatable bonds is 4. The number of nitrogens with one attached hydrogen (secondary N) is 3. The zero-order valence-corrected chi connectivity index (χ0v) is 13.2. The minimum Gasteiger partial charge on any atom is -0.306 e. The number of sulfonamides is 1. The first-order valence-electron chi connectivity index (χ1n) is 7.42. The first-order valence-corrected chi connectivity index (χ1v) is 8.90. The smallest absolute Gasteiger partial charge is 0.306 e. The molecule has 8 heteroatoms. The second-order valence-corrected chi connectivity index (χ2v) is 7.62. The number of hydrogen-bond donors (Lipinski definition) is 3. The van der Waals surface area contributed by atoms with E-state index in [1.165, 1.54) is 24.3 Å². The second-order valence-electron chi connectivity index (χ2n) is 5.91. The maximum Gasteiger partial charge on any atom is 0.323 e. The second kappa shape index (κ2) is 5.29. The predicted molar refractivity (Wildman–Crippen MR) is 86.8 cm³/mol. The number of fused-ring (bicyclic) bond motifs is 1. The molecule has 1 aromatic heterocycles. The Balaban J connectivity index is 1.55. The van der Waals surface area contributed by atoms with Gasteiger partial charge in [0.2, 0.25) is 10.0 Å². The zero-order chi connectivity index (χ0) is 16.9. The maximum atomic E-state index is 13.0. The van der Waals surface area contributed by atoms with Crippen molar-refractivity contribution >= 4 is 21.1 Å². The molecule has 1 heterocycles. The zero-order valence-electron chi connectivity index (χ0n) is 12.4. The largest absolute Gasteiger partial charge is 0.323 e. The fourth-order valence-electron chi connectivity index (χ4n) is 2.85. The van der Waals surface area contributed by atoms with Crippen LogP contribution in [-0.2, 0) is 10.0 Å². The van der Waals surface area contributed by atoms with E-state index in [4.69, 9.17) is 0 Å². The lowest BCUT2D eigenvalue weighted by Gasteiger charge is -2.07. The SMILES string of the molecule is O=c1[nH]c2ccc(S(=O)(=O)N[C@@H]3C[C@H]3c3ccc(F)cc3)cc2[nH]1. The molecule has 0 spiro atoms. The van der Waals surface area contributed by atoms with E-state index in [9.17, 15) is 17.6 Å². The van der Waals surface area contributed by atoms with Gasteiger partial charge in [-0.15, -0.1) is 0 Å². The summed E-state index contributed by atoms with van der Waals surface area (Å²) in [7, 11) is -3.69. The van der Waals surface area contributed by atoms with Gasteiger partial charge in [0.25, 0.3) is 0 Å². The van der Waals surface area contributed by atoms with Gasteiger partial charge in [-0.25, -0.2) is 22.3 Å². The van der Waals surface area contributed by atoms with Crippen LogP contribution in [0.5, 0.6) is 0 Å². The van der Waals surface area contributed by atoms with Crippen molar-refractivity contribution in [1.29, 1.82) is 0 Å². The quantitative estimate of drug-likeness (QED) is 0.672. The van der Waals surface area contributed by atoms with E-state index in [2.05, 4.69) is 14.7 Å². The number of benzene rings is 2. The van der Waals surface area contributed by atoms with Gasteiger partial charge >= 0.3 is 5.69 Å². The van der Waals surface area contributed by atoms with Crippen LogP contribution in [0, 0.1) is 5.82 Å². The summed E-state index contributed by atoms with van der Waals surface area (Å²) in [6.45, 7) is 0. The number of H-pyrrole nitrogens is 2. The van der Waals surface area contributed by atoms with Crippen LogP contribution in [0.4, 0.5) is 4.39 Å². The standard InChI is InChI=1S/C16H14FN3O3S/c17-10-3-1-9(2-4-10)12-8-14(12)20-24(22,23)11-5-6-13-15(7-11)19-16(21)18-13/h1-7,12,14,20H,8H2,(H2,18,19,21)/t12-,14+/m0/s1. The van der Waals surface area contributed by atoms with Gasteiger partial charge in [0.1, 0.15) is 5.82 Å². The van der Waals surface area contributed by atoms with E-state index in [1.807, 2.05) is 0 Å². The Morgan fingerprint density at radius 3 is 2.50 bits per heavy atom. The molecule has 0 bridgehead atoms. The lowest BCUT2D eigenvalue weighted by molar-refractivity contribution is 0.580. The molecule has 1 aliphatic carbocycles. The van der Waals surface area contributed by atoms with E-state index in [0.29, 0.717) is 17.5 Å². The van der Waals surface area contributed by atoms with E-state index >= 15 is 0 Å². The fourth-order valence-corrected chi connectivity index (χ4v) is 4.17. The molecule has 124 valence electrons. The highest BCUT2D eigenvalue weighted by molar-refractivity contribution is 7.89. The molecule has 24 heavy (non-hydrogen) atoms. The lowest BCUT2D eigenvalue weighted by atomic mass is 10.1. The topological polar surface area (TPSA) is 94.8 Å². The fraction of sp³-hybridized carbons (Fsp3) is 0.188. The molecule has 2 atom stereocenters. The molecule has 0 aliphatic heterocycles. The molecular weight excluding hydrogens is 333 g/mol. The number of aromatic nitrogens is 2. The minimum absolute atomic E-state index is 0.0520. The van der Waals surface area contributed by atoms with Crippen molar-refractivity contribution in [1.82, 2.24) is 14.7 Å². The van der Waals surface area contributed by atoms with Crippen molar-refractivity contribution in [3.8, 4) is 0 Å². The van der Waals surface area contributed by atoms with E-state index in [0.717, 1.165) is 5.56 Å². The molecule has 0 amide bonds. The Bertz CT molecular complexity index is 1070. The summed E-state index contributed by atoms with van der Waals surface area (Å²) in [4.78, 5) is 16.5. The lowest BCUT2D eigenvalue weighted by Crippen LogP contribution is -2.26. The molecule has 0 unspecified atom stereocenters. The van der Waals surface area contributed by atoms with Gasteiger partial charge in [0.15, 0.2) is 0 Å². The maximum absolute atomic E-state index is 13.0. The summed E-state index contributed by atoms with van der Waals surface area (Å²) in [6.07, 6.45) is 0.675. The Labute approximate surface area is 136 Å². The Morgan fingerprint density at radius 2 is 1.75 bits per heavy atom. The van der Waals surface area contributed by atoms with Crippen LogP contribution in [0.3, 0.4) is 0 Å². The van der Waals surface area contributed by atoms with Gasteiger partial charge in [-0.3, -0.25) is 0 Å². The van der Waals surface area contributed by atoms with Crippen LogP contribution >= 0.6 is 0 Å². The minimum atomic E-state index is -3.69. The molecule has 1 aliphatic rings. The molecule has 3 aromatic rings. The number of imidazole rings is 1. The monoisotopic (exact) mass is 347 g/mol. The van der Waals surface area contributed by atoms with Gasteiger partial charge in [-0.2, -0.15) is 0 Å². The van der Waals surface area contributed by atoms with Crippen LogP contribution < -0.4 is 10.4 Å². The third kappa shape index (κ3) is 2.74. The average molecular weight is 347 g/mol. The Hall–Kier alpha value is -2.45. The third-order valence-corrected chi connectivity index (χ3v) is 5.68. The van der Waals surface area contributed by atoms with Crippen LogP contribution in [0.25, 0.3) is 11.0 Å². The Kier molecular flexibility index (Phi) is 3.33. The number of halogens is 1. The van der Waals surface area contributed by atoms with Crippen molar-refractivity contribution in [2.75, 3.05) is 0 Å². The third-order valence-electron chi connectivity index (χ3n) is 4.19. The van der Waals surface area contributed by atoms with Gasteiger partial charge in [-0.1, -0.05) is 12.1 Å². The normalized spacial score (nSPS) is 20.4. The van der Waals surface area contributed by atoms with E-state index in [-0.39, 0.29) is 28.4 Å². The van der Waals surface area contributed by atoms with Crippen molar-refractivity contribution in [3.63, 3.8) is 0 Å². The average Bonchev–Trinajstić information content (AvgIpc) is 3.17. The van der Waals surface area contributed by atoms with Crippen LogP contribution in [0.2, 0.25) is 0 Å². The number of hydrogen-bond acceptors (Lipinski definition) is 3. The van der Waals surface area contributed by atoms with E-state index < -0.39 is 10.0 Å². The van der Waals surface area contributed by atoms with Gasteiger partial charge in [0, 0.05) is 12.0 Å². The molecular formula is C16H14FN3O3S. The molecule has 2 aromatic carbocycles. The molecule has 4 rings (SSSR count). The molecule has 0 saturated heterocycles. The highest BCUT2D eigenvalue weighted by atomic mass is 32.2. The van der Waals surface area contributed by atoms with Crippen LogP contribution in [-0.4, -0.2) is 24.4 Å². The summed E-state index contributed by atoms with van der Waals surface area (Å²) in [5.74, 6) is -0.263. The molecule has 6 nitrogen and oxygen atoms in total. The van der Waals surface area contributed by atoms with Crippen molar-refractivity contribution < 1.29 is 12.8 Å². The number of aromatic amines is 2. The molecule has 1 saturated carbocycles. The summed E-state index contributed by atoms with van der Waals surface area (Å²) in [6, 6.07) is 10.3. The van der Waals surface area contributed by atoms with Crippen molar-refractivity contribution in [3.05, 3.63) is 64.3 Å². The molecule has 1 fully saturated rings. The molecule has 0 radical (unpaired) electrons. The van der Waals surface area contributed by atoms with Gasteiger partial charge in [-0.05, 0) is 42.3 Å². The summed E-state index contributed by atoms with van der Waals surface area (Å²) in [5, 5.41) is 0. The predicted octanol–water partition coefficient (Wildman–Crippen LogP) is 1.83. The Morgan fingerprint density at radius 1 is 1.04 bits per heavy atom. The van der Waals surface area contributed by atoms with Crippen LogP contribution in [0.1, 0.15) is 17.9 Å². The van der Waals surface area contributed by atoms with Gasteiger partial charge < -0.3 is 9.97 Å². The van der Waals surface area contributed by atoms with E-state index in [1.54, 1.807) is 18.2 Å². The highest BCUT2D eigenvalue weighted by Gasteiger charge is 2.41. The summed E-state index contributed by atoms with van der Waals surface area (Å²) >= 11 is 0. The summed E-state index contributed by atoms with van der Waals surface area (Å²) < 4.78 is 40.6. The highest BCUT2D eigenvalue weighted by Crippen LogP contribution is 2.41. The summed E-state index contributed by atoms with van der Waals surface area (Å²) in [5.41, 5.74) is 1.52. The van der Waals surface area contributed by atoms with Crippen molar-refractivity contribution in [2.24, 2.45) is 0 Å². The first kappa shape index (κ1) is 15.1.